The molecule has 0 radical (unpaired) electrons. The van der Waals surface area contributed by atoms with Gasteiger partial charge in [-0.25, -0.2) is 0 Å². The van der Waals surface area contributed by atoms with E-state index in [2.05, 4.69) is 0 Å². The molecule has 10 heteroatoms. The summed E-state index contributed by atoms with van der Waals surface area (Å²) in [4.78, 5) is 0.791. The quantitative estimate of drug-likeness (QED) is 0.126. The van der Waals surface area contributed by atoms with Gasteiger partial charge in [0, 0.05) is 0 Å². The van der Waals surface area contributed by atoms with Crippen molar-refractivity contribution in [3.05, 3.63) is 70.4 Å². The summed E-state index contributed by atoms with van der Waals surface area (Å²) in [6.45, 7) is 0. The van der Waals surface area contributed by atoms with E-state index in [1.165, 1.54) is 34.8 Å². The first-order valence-electron chi connectivity index (χ1n) is 10.6. The zero-order valence-corrected chi connectivity index (χ0v) is 24.3. The molecular weight excluding hydrogens is 674 g/mol. The van der Waals surface area contributed by atoms with Crippen molar-refractivity contribution in [2.24, 2.45) is 0 Å². The number of rotatable bonds is 2. The fourth-order valence-electron chi connectivity index (χ4n) is 4.58. The van der Waals surface area contributed by atoms with Gasteiger partial charge in [-0.1, -0.05) is 0 Å². The van der Waals surface area contributed by atoms with Crippen LogP contribution in [0.3, 0.4) is 0 Å². The van der Waals surface area contributed by atoms with Crippen molar-refractivity contribution < 1.29 is 17.6 Å². The van der Waals surface area contributed by atoms with E-state index in [1.807, 2.05) is 24.3 Å². The molecule has 0 aliphatic heterocycles. The van der Waals surface area contributed by atoms with Gasteiger partial charge in [0.2, 0.25) is 0 Å². The molecule has 0 saturated heterocycles. The molecule has 0 aliphatic rings. The molecule has 6 heterocycles. The Morgan fingerprint density at radius 1 is 0.556 bits per heavy atom. The maximum absolute atomic E-state index is 15.4. The Hall–Kier alpha value is -1.74. The Bertz CT molecular complexity index is 2010. The van der Waals surface area contributed by atoms with Crippen molar-refractivity contribution in [1.29, 1.82) is 0 Å². The second-order valence-electron chi connectivity index (χ2n) is 8.24. The van der Waals surface area contributed by atoms with Gasteiger partial charge in [0.25, 0.3) is 0 Å². The standard InChI is InChI=1S/C26H8F4S4Se2/c27-13-1-3-31-23(13)25-19(29)11-5-9-15(7-17(11)35-25)33-22-10-6-12-18(8-16(10)34-21(9)22)36-26(20(12)30)24-14(28)2-4-32-24/h1-8H. The molecule has 6 aromatic heterocycles. The Labute approximate surface area is 228 Å². The molecule has 0 bridgehead atoms. The molecule has 0 aliphatic carbocycles. The topological polar surface area (TPSA) is 0 Å². The number of halogens is 4. The molecule has 176 valence electrons. The molecule has 0 spiro atoms. The third kappa shape index (κ3) is 3.01. The second kappa shape index (κ2) is 7.88. The van der Waals surface area contributed by atoms with Crippen molar-refractivity contribution in [2.45, 2.75) is 0 Å². The van der Waals surface area contributed by atoms with Crippen LogP contribution in [0.2, 0.25) is 0 Å². The van der Waals surface area contributed by atoms with E-state index in [1.54, 1.807) is 33.4 Å². The molecule has 8 rings (SSSR count). The Balaban J connectivity index is 1.36. The zero-order chi connectivity index (χ0) is 24.3. The molecule has 0 amide bonds. The first-order valence-corrected chi connectivity index (χ1v) is 17.4. The molecule has 0 nitrogen and oxygen atoms in total. The van der Waals surface area contributed by atoms with E-state index in [4.69, 9.17) is 0 Å². The average Bonchev–Trinajstić information content (AvgIpc) is 3.69. The van der Waals surface area contributed by atoms with Crippen molar-refractivity contribution in [1.82, 2.24) is 0 Å². The molecule has 0 unspecified atom stereocenters. The van der Waals surface area contributed by atoms with Gasteiger partial charge in [-0.2, -0.15) is 0 Å². The van der Waals surface area contributed by atoms with E-state index in [-0.39, 0.29) is 52.3 Å². The summed E-state index contributed by atoms with van der Waals surface area (Å²) in [5.41, 5.74) is 0. The van der Waals surface area contributed by atoms with Crippen LogP contribution in [0.1, 0.15) is 0 Å². The Kier molecular flexibility index (Phi) is 4.87. The van der Waals surface area contributed by atoms with E-state index < -0.39 is 0 Å². The first-order chi connectivity index (χ1) is 17.5. The van der Waals surface area contributed by atoms with E-state index >= 15 is 8.78 Å². The molecule has 8 aromatic rings. The predicted octanol–water partition coefficient (Wildman–Crippen LogP) is 9.70. The van der Waals surface area contributed by atoms with Crippen LogP contribution in [-0.2, 0) is 0 Å². The monoisotopic (exact) mass is 684 g/mol. The van der Waals surface area contributed by atoms with Crippen LogP contribution >= 0.6 is 45.3 Å². The Morgan fingerprint density at radius 3 is 1.39 bits per heavy atom. The Morgan fingerprint density at radius 2 is 1.00 bits per heavy atom. The fraction of sp³-hybridized carbons (Fsp3) is 0. The zero-order valence-electron chi connectivity index (χ0n) is 17.6. The molecule has 2 aromatic carbocycles. The minimum atomic E-state index is -0.366. The van der Waals surface area contributed by atoms with Crippen LogP contribution in [0, 0.1) is 23.3 Å². The van der Waals surface area contributed by atoms with Crippen LogP contribution < -0.4 is 0 Å². The normalized spacial score (nSPS) is 12.4. The summed E-state index contributed by atoms with van der Waals surface area (Å²) in [5.74, 6) is -1.38. The number of fused-ring (bicyclic) bond motifs is 7. The van der Waals surface area contributed by atoms with Crippen molar-refractivity contribution in [3.8, 4) is 18.6 Å². The SMILES string of the molecule is Fc1ccsc1-c1[se]c2cc3sc4c5cc6c(F)c(-c7sccc7F)[se]c6cc5sc4c3cc2c1F. The summed E-state index contributed by atoms with van der Waals surface area (Å²) in [7, 11) is 0. The van der Waals surface area contributed by atoms with Crippen molar-refractivity contribution in [3.63, 3.8) is 0 Å². The van der Waals surface area contributed by atoms with Crippen LogP contribution in [0.15, 0.2) is 47.2 Å². The van der Waals surface area contributed by atoms with Gasteiger partial charge in [0.15, 0.2) is 0 Å². The molecule has 0 fully saturated rings. The average molecular weight is 683 g/mol. The number of hydrogen-bond donors (Lipinski definition) is 0. The first kappa shape index (κ1) is 22.3. The van der Waals surface area contributed by atoms with Gasteiger partial charge in [-0.3, -0.25) is 0 Å². The summed E-state index contributed by atoms with van der Waals surface area (Å²) in [6.07, 6.45) is 0. The van der Waals surface area contributed by atoms with Gasteiger partial charge < -0.3 is 0 Å². The van der Waals surface area contributed by atoms with Crippen LogP contribution in [0.25, 0.3) is 67.5 Å². The number of thiophene rings is 4. The third-order valence-corrected chi connectivity index (χ3v) is 15.9. The van der Waals surface area contributed by atoms with Gasteiger partial charge in [0.1, 0.15) is 0 Å². The van der Waals surface area contributed by atoms with E-state index in [0.29, 0.717) is 29.4 Å². The molecular formula is C26H8F4S4Se2. The summed E-state index contributed by atoms with van der Waals surface area (Å²) in [5, 5.41) is 6.39. The van der Waals surface area contributed by atoms with Crippen molar-refractivity contribution >= 4 is 123 Å². The van der Waals surface area contributed by atoms with Crippen LogP contribution in [-0.4, -0.2) is 29.0 Å². The molecule has 0 atom stereocenters. The third-order valence-electron chi connectivity index (χ3n) is 6.23. The number of hydrogen-bond acceptors (Lipinski definition) is 4. The van der Waals surface area contributed by atoms with Crippen molar-refractivity contribution in [2.75, 3.05) is 0 Å². The molecule has 0 saturated carbocycles. The molecule has 36 heavy (non-hydrogen) atoms. The molecule has 0 N–H and O–H groups in total. The van der Waals surface area contributed by atoms with Crippen LogP contribution in [0.4, 0.5) is 17.6 Å². The fourth-order valence-corrected chi connectivity index (χ4v) is 14.4. The van der Waals surface area contributed by atoms with Gasteiger partial charge in [-0.05, 0) is 0 Å². The summed E-state index contributed by atoms with van der Waals surface area (Å²) in [6, 6.07) is 10.7. The second-order valence-corrected chi connectivity index (χ2v) is 16.6. The van der Waals surface area contributed by atoms with Gasteiger partial charge in [0.05, 0.1) is 0 Å². The van der Waals surface area contributed by atoms with Gasteiger partial charge >= 0.3 is 230 Å². The van der Waals surface area contributed by atoms with E-state index in [0.717, 1.165) is 38.1 Å². The minimum absolute atomic E-state index is 0.303. The number of benzene rings is 2. The maximum atomic E-state index is 15.4. The van der Waals surface area contributed by atoms with Gasteiger partial charge in [-0.15, -0.1) is 0 Å². The van der Waals surface area contributed by atoms with E-state index in [9.17, 15) is 8.78 Å². The predicted molar refractivity (Wildman–Crippen MR) is 150 cm³/mol. The van der Waals surface area contributed by atoms with Crippen LogP contribution in [0.5, 0.6) is 0 Å². The summed E-state index contributed by atoms with van der Waals surface area (Å²) >= 11 is 5.13. The summed E-state index contributed by atoms with van der Waals surface area (Å²) < 4.78 is 66.2.